The number of nitrogens with two attached hydrogens (primary N) is 1. The second kappa shape index (κ2) is 9.88. The number of fused-ring (bicyclic) bond motifs is 1. The number of rotatable bonds is 8. The summed E-state index contributed by atoms with van der Waals surface area (Å²) < 4.78 is 30.8. The number of thioether (sulfide) groups is 1. The van der Waals surface area contributed by atoms with Crippen molar-refractivity contribution in [2.45, 2.75) is 28.8 Å². The molecule has 3 aromatic carbocycles. The Bertz CT molecular complexity index is 1440. The van der Waals surface area contributed by atoms with Crippen LogP contribution in [0.1, 0.15) is 17.7 Å². The van der Waals surface area contributed by atoms with Crippen LogP contribution < -0.4 is 15.2 Å². The van der Waals surface area contributed by atoms with Gasteiger partial charge in [0.25, 0.3) is 0 Å². The molecule has 3 N–H and O–H groups in total. The third-order valence-corrected chi connectivity index (χ3v) is 7.39. The number of anilines is 1. The molecule has 1 amide bonds. The molecule has 8 nitrogen and oxygen atoms in total. The van der Waals surface area contributed by atoms with Crippen molar-refractivity contribution in [1.82, 2.24) is 9.55 Å². The van der Waals surface area contributed by atoms with Crippen LogP contribution in [0.25, 0.3) is 11.0 Å². The van der Waals surface area contributed by atoms with Gasteiger partial charge in [-0.25, -0.2) is 18.5 Å². The van der Waals surface area contributed by atoms with Gasteiger partial charge < -0.3 is 14.6 Å². The molecule has 0 radical (unpaired) electrons. The van der Waals surface area contributed by atoms with Crippen LogP contribution in [0.3, 0.4) is 0 Å². The molecule has 0 fully saturated rings. The van der Waals surface area contributed by atoms with Crippen LogP contribution >= 0.6 is 11.8 Å². The minimum absolute atomic E-state index is 0.00678. The molecule has 1 aromatic heterocycles. The van der Waals surface area contributed by atoms with Gasteiger partial charge in [-0.05, 0) is 42.8 Å². The molecule has 176 valence electrons. The van der Waals surface area contributed by atoms with Crippen LogP contribution in [0.5, 0.6) is 5.75 Å². The fourth-order valence-electron chi connectivity index (χ4n) is 3.57. The van der Waals surface area contributed by atoms with E-state index < -0.39 is 15.3 Å². The lowest BCUT2D eigenvalue weighted by Crippen LogP contribution is -2.19. The van der Waals surface area contributed by atoms with E-state index in [4.69, 9.17) is 9.88 Å². The highest BCUT2D eigenvalue weighted by Crippen LogP contribution is 2.37. The molecule has 1 heterocycles. The molecule has 0 unspecified atom stereocenters. The number of ether oxygens (including phenoxy) is 1. The van der Waals surface area contributed by atoms with Gasteiger partial charge in [0.2, 0.25) is 15.9 Å². The minimum Gasteiger partial charge on any atom is -0.497 e. The Labute approximate surface area is 202 Å². The maximum Gasteiger partial charge on any atom is 0.242 e. The summed E-state index contributed by atoms with van der Waals surface area (Å²) in [6.45, 7) is 2.55. The molecule has 0 saturated heterocycles. The van der Waals surface area contributed by atoms with Crippen molar-refractivity contribution in [2.75, 3.05) is 12.4 Å². The first kappa shape index (κ1) is 23.8. The lowest BCUT2D eigenvalue weighted by atomic mass is 10.1. The number of methoxy groups -OCH3 is 1. The average molecular weight is 497 g/mol. The summed E-state index contributed by atoms with van der Waals surface area (Å²) in [5, 5.41) is 8.24. The normalized spacial score (nSPS) is 12.4. The number of primary sulfonamides is 1. The van der Waals surface area contributed by atoms with E-state index in [1.165, 1.54) is 23.9 Å². The van der Waals surface area contributed by atoms with E-state index in [1.807, 2.05) is 41.8 Å². The Morgan fingerprint density at radius 1 is 1.12 bits per heavy atom. The predicted octanol–water partition coefficient (Wildman–Crippen LogP) is 4.18. The molecule has 10 heteroatoms. The van der Waals surface area contributed by atoms with E-state index in [-0.39, 0.29) is 10.8 Å². The van der Waals surface area contributed by atoms with Crippen molar-refractivity contribution in [2.24, 2.45) is 5.14 Å². The summed E-state index contributed by atoms with van der Waals surface area (Å²) >= 11 is 1.30. The van der Waals surface area contributed by atoms with E-state index in [2.05, 4.69) is 10.3 Å². The molecular formula is C24H24N4O4S2. The monoisotopic (exact) mass is 496 g/mol. The van der Waals surface area contributed by atoms with Gasteiger partial charge >= 0.3 is 0 Å². The molecule has 4 rings (SSSR count). The predicted molar refractivity (Wildman–Crippen MR) is 133 cm³/mol. The Hall–Kier alpha value is -3.34. The van der Waals surface area contributed by atoms with Crippen molar-refractivity contribution in [3.63, 3.8) is 0 Å². The number of hydrogen-bond donors (Lipinski definition) is 2. The van der Waals surface area contributed by atoms with Crippen LogP contribution in [-0.4, -0.2) is 31.0 Å². The zero-order valence-corrected chi connectivity index (χ0v) is 20.3. The first-order chi connectivity index (χ1) is 16.3. The van der Waals surface area contributed by atoms with Gasteiger partial charge in [0, 0.05) is 18.3 Å². The van der Waals surface area contributed by atoms with E-state index >= 15 is 0 Å². The number of carbonyl (C=O) groups is 1. The second-order valence-corrected chi connectivity index (χ2v) is 10.1. The van der Waals surface area contributed by atoms with Gasteiger partial charge in [-0.15, -0.1) is 0 Å². The molecule has 0 aliphatic heterocycles. The van der Waals surface area contributed by atoms with Crippen molar-refractivity contribution < 1.29 is 17.9 Å². The average Bonchev–Trinajstić information content (AvgIpc) is 3.19. The maximum atomic E-state index is 13.4. The Balaban J connectivity index is 1.72. The molecule has 0 saturated carbocycles. The van der Waals surface area contributed by atoms with Crippen molar-refractivity contribution >= 4 is 44.4 Å². The molecule has 0 bridgehead atoms. The van der Waals surface area contributed by atoms with Gasteiger partial charge in [-0.2, -0.15) is 0 Å². The highest BCUT2D eigenvalue weighted by molar-refractivity contribution is 8.00. The van der Waals surface area contributed by atoms with Gasteiger partial charge in [0.05, 0.1) is 23.0 Å². The molecule has 0 spiro atoms. The zero-order chi connectivity index (χ0) is 24.3. The van der Waals surface area contributed by atoms with Gasteiger partial charge in [0.15, 0.2) is 5.16 Å². The lowest BCUT2D eigenvalue weighted by Gasteiger charge is -2.17. The molecule has 34 heavy (non-hydrogen) atoms. The molecule has 1 atom stereocenters. The van der Waals surface area contributed by atoms with Gasteiger partial charge in [0.1, 0.15) is 11.0 Å². The summed E-state index contributed by atoms with van der Waals surface area (Å²) in [6.07, 6.45) is 0. The number of imidazole rings is 1. The second-order valence-electron chi connectivity index (χ2n) is 7.46. The van der Waals surface area contributed by atoms with E-state index in [9.17, 15) is 13.2 Å². The van der Waals surface area contributed by atoms with E-state index in [1.54, 1.807) is 37.4 Å². The minimum atomic E-state index is -3.85. The zero-order valence-electron chi connectivity index (χ0n) is 18.6. The van der Waals surface area contributed by atoms with Crippen LogP contribution in [0.4, 0.5) is 5.69 Å². The third kappa shape index (κ3) is 5.09. The van der Waals surface area contributed by atoms with E-state index in [0.29, 0.717) is 28.7 Å². The van der Waals surface area contributed by atoms with Crippen LogP contribution in [-0.2, 0) is 21.4 Å². The molecule has 4 aromatic rings. The number of amides is 1. The smallest absolute Gasteiger partial charge is 0.242 e. The standard InChI is InChI=1S/C24H24N4O4S2/c1-3-28-21-13-12-19(34(25,30)31)15-20(21)27-24(28)33-22(16-8-5-4-6-9-16)23(29)26-17-10-7-11-18(14-17)32-2/h4-15,22H,3H2,1-2H3,(H,26,29)(H2,25,30,31)/t22-/m0/s1. The van der Waals surface area contributed by atoms with Gasteiger partial charge in [-0.1, -0.05) is 48.2 Å². The highest BCUT2D eigenvalue weighted by Gasteiger charge is 2.25. The number of aromatic nitrogens is 2. The van der Waals surface area contributed by atoms with Crippen molar-refractivity contribution in [3.05, 3.63) is 78.4 Å². The first-order valence-electron chi connectivity index (χ1n) is 10.5. The summed E-state index contributed by atoms with van der Waals surface area (Å²) in [4.78, 5) is 18.1. The maximum absolute atomic E-state index is 13.4. The van der Waals surface area contributed by atoms with Crippen LogP contribution in [0.2, 0.25) is 0 Å². The number of benzene rings is 3. The third-order valence-electron chi connectivity index (χ3n) is 5.23. The molecule has 0 aliphatic rings. The Morgan fingerprint density at radius 2 is 1.88 bits per heavy atom. The Kier molecular flexibility index (Phi) is 6.92. The van der Waals surface area contributed by atoms with Gasteiger partial charge in [-0.3, -0.25) is 4.79 Å². The topological polar surface area (TPSA) is 116 Å². The fraction of sp³-hybridized carbons (Fsp3) is 0.167. The summed E-state index contributed by atoms with van der Waals surface area (Å²) in [5.41, 5.74) is 2.69. The van der Waals surface area contributed by atoms with Crippen LogP contribution in [0, 0.1) is 0 Å². The first-order valence-corrected chi connectivity index (χ1v) is 12.9. The lowest BCUT2D eigenvalue weighted by molar-refractivity contribution is -0.115. The number of hydrogen-bond acceptors (Lipinski definition) is 6. The molecule has 0 aliphatic carbocycles. The fourth-order valence-corrected chi connectivity index (χ4v) is 5.28. The number of sulfonamides is 1. The number of aryl methyl sites for hydroxylation is 1. The van der Waals surface area contributed by atoms with Crippen LogP contribution in [0.15, 0.2) is 82.8 Å². The Morgan fingerprint density at radius 3 is 2.56 bits per heavy atom. The number of nitrogens with zero attached hydrogens (tertiary/aromatic N) is 2. The van der Waals surface area contributed by atoms with Crippen molar-refractivity contribution in [3.8, 4) is 5.75 Å². The molecular weight excluding hydrogens is 472 g/mol. The SMILES string of the molecule is CCn1c(S[C@H](C(=O)Nc2cccc(OC)c2)c2ccccc2)nc2cc(S(N)(=O)=O)ccc21. The highest BCUT2D eigenvalue weighted by atomic mass is 32.2. The summed E-state index contributed by atoms with van der Waals surface area (Å²) in [7, 11) is -2.29. The number of carbonyl (C=O) groups excluding carboxylic acids is 1. The van der Waals surface area contributed by atoms with Crippen molar-refractivity contribution in [1.29, 1.82) is 0 Å². The quantitative estimate of drug-likeness (QED) is 0.354. The van der Waals surface area contributed by atoms with E-state index in [0.717, 1.165) is 11.1 Å². The summed E-state index contributed by atoms with van der Waals surface area (Å²) in [6, 6.07) is 21.2. The summed E-state index contributed by atoms with van der Waals surface area (Å²) in [5.74, 6) is 0.421. The number of nitrogens with one attached hydrogen (secondary N) is 1. The largest absolute Gasteiger partial charge is 0.497 e.